The SMILES string of the molecule is Cc1ccc(OCC(=O)Nc2nnc(SCC(=O)c3ccccc3)s2)cc1. The summed E-state index contributed by atoms with van der Waals surface area (Å²) in [5.41, 5.74) is 1.78. The summed E-state index contributed by atoms with van der Waals surface area (Å²) in [6, 6.07) is 16.5. The van der Waals surface area contributed by atoms with E-state index >= 15 is 0 Å². The Morgan fingerprint density at radius 2 is 1.81 bits per heavy atom. The van der Waals surface area contributed by atoms with Crippen LogP contribution in [0.2, 0.25) is 0 Å². The molecule has 0 aliphatic carbocycles. The first kappa shape index (κ1) is 19.1. The molecule has 0 fully saturated rings. The Morgan fingerprint density at radius 3 is 2.56 bits per heavy atom. The van der Waals surface area contributed by atoms with Gasteiger partial charge in [-0.05, 0) is 19.1 Å². The van der Waals surface area contributed by atoms with E-state index in [0.717, 1.165) is 5.56 Å². The van der Waals surface area contributed by atoms with E-state index in [-0.39, 0.29) is 24.1 Å². The van der Waals surface area contributed by atoms with E-state index in [2.05, 4.69) is 15.5 Å². The molecule has 0 bridgehead atoms. The number of rotatable bonds is 8. The fourth-order valence-corrected chi connectivity index (χ4v) is 3.75. The Hall–Kier alpha value is -2.71. The number of ether oxygens (including phenoxy) is 1. The third-order valence-electron chi connectivity index (χ3n) is 3.47. The van der Waals surface area contributed by atoms with Gasteiger partial charge in [-0.2, -0.15) is 0 Å². The van der Waals surface area contributed by atoms with Gasteiger partial charge in [-0.3, -0.25) is 14.9 Å². The zero-order valence-electron chi connectivity index (χ0n) is 14.5. The quantitative estimate of drug-likeness (QED) is 0.352. The van der Waals surface area contributed by atoms with Crippen LogP contribution in [0.25, 0.3) is 0 Å². The molecule has 0 aliphatic rings. The van der Waals surface area contributed by atoms with Crippen molar-refractivity contribution < 1.29 is 14.3 Å². The predicted molar refractivity (Wildman–Crippen MR) is 107 cm³/mol. The highest BCUT2D eigenvalue weighted by molar-refractivity contribution is 8.01. The van der Waals surface area contributed by atoms with Crippen molar-refractivity contribution in [3.05, 3.63) is 65.7 Å². The smallest absolute Gasteiger partial charge is 0.264 e. The van der Waals surface area contributed by atoms with E-state index in [1.54, 1.807) is 12.1 Å². The first-order chi connectivity index (χ1) is 13.1. The summed E-state index contributed by atoms with van der Waals surface area (Å²) in [7, 11) is 0. The Morgan fingerprint density at radius 1 is 1.07 bits per heavy atom. The van der Waals surface area contributed by atoms with Gasteiger partial charge in [0, 0.05) is 5.56 Å². The van der Waals surface area contributed by atoms with Crippen molar-refractivity contribution in [1.82, 2.24) is 10.2 Å². The van der Waals surface area contributed by atoms with Gasteiger partial charge in [0.05, 0.1) is 5.75 Å². The van der Waals surface area contributed by atoms with Crippen molar-refractivity contribution in [3.8, 4) is 5.75 Å². The van der Waals surface area contributed by atoms with Crippen LogP contribution in [0.5, 0.6) is 5.75 Å². The summed E-state index contributed by atoms with van der Waals surface area (Å²) in [6.45, 7) is 1.87. The molecule has 3 rings (SSSR count). The van der Waals surface area contributed by atoms with Crippen LogP contribution < -0.4 is 10.1 Å². The molecule has 138 valence electrons. The molecule has 6 nitrogen and oxygen atoms in total. The summed E-state index contributed by atoms with van der Waals surface area (Å²) >= 11 is 2.52. The first-order valence-corrected chi connectivity index (χ1v) is 9.94. The molecule has 2 aromatic carbocycles. The Bertz CT molecular complexity index is 911. The number of anilines is 1. The van der Waals surface area contributed by atoms with E-state index in [4.69, 9.17) is 4.74 Å². The fourth-order valence-electron chi connectivity index (χ4n) is 2.09. The zero-order chi connectivity index (χ0) is 19.1. The van der Waals surface area contributed by atoms with Crippen LogP contribution in [0.1, 0.15) is 15.9 Å². The maximum absolute atomic E-state index is 12.1. The maximum atomic E-state index is 12.1. The number of carbonyl (C=O) groups excluding carboxylic acids is 2. The molecule has 0 radical (unpaired) electrons. The number of Topliss-reactive ketones (excluding diaryl/α,β-unsaturated/α-hetero) is 1. The Labute approximate surface area is 165 Å². The molecule has 8 heteroatoms. The normalized spacial score (nSPS) is 10.4. The van der Waals surface area contributed by atoms with Gasteiger partial charge < -0.3 is 4.74 Å². The molecule has 0 unspecified atom stereocenters. The van der Waals surface area contributed by atoms with E-state index in [1.165, 1.54) is 23.1 Å². The molecule has 1 N–H and O–H groups in total. The molecule has 0 saturated carbocycles. The van der Waals surface area contributed by atoms with E-state index < -0.39 is 0 Å². The number of aromatic nitrogens is 2. The molecule has 1 heterocycles. The Kier molecular flexibility index (Phi) is 6.56. The van der Waals surface area contributed by atoms with Crippen LogP contribution in [-0.2, 0) is 4.79 Å². The molecule has 0 saturated heterocycles. The zero-order valence-corrected chi connectivity index (χ0v) is 16.2. The minimum Gasteiger partial charge on any atom is -0.484 e. The van der Waals surface area contributed by atoms with E-state index in [0.29, 0.717) is 20.8 Å². The number of amides is 1. The van der Waals surface area contributed by atoms with Gasteiger partial charge in [-0.25, -0.2) is 0 Å². The number of aryl methyl sites for hydroxylation is 1. The molecule has 0 aliphatic heterocycles. The van der Waals surface area contributed by atoms with Crippen molar-refractivity contribution in [3.63, 3.8) is 0 Å². The van der Waals surface area contributed by atoms with Crippen LogP contribution in [0, 0.1) is 6.92 Å². The molecule has 1 amide bonds. The van der Waals surface area contributed by atoms with Gasteiger partial charge in [-0.1, -0.05) is 71.1 Å². The van der Waals surface area contributed by atoms with Crippen molar-refractivity contribution in [2.45, 2.75) is 11.3 Å². The number of hydrogen-bond donors (Lipinski definition) is 1. The minimum absolute atomic E-state index is 0.0212. The summed E-state index contributed by atoms with van der Waals surface area (Å²) in [5, 5.41) is 10.9. The van der Waals surface area contributed by atoms with Gasteiger partial charge in [0.15, 0.2) is 16.7 Å². The molecule has 0 atom stereocenters. The average Bonchev–Trinajstić information content (AvgIpc) is 3.13. The van der Waals surface area contributed by atoms with Crippen LogP contribution in [-0.4, -0.2) is 34.2 Å². The highest BCUT2D eigenvalue weighted by Gasteiger charge is 2.12. The Balaban J connectivity index is 1.45. The second-order valence-corrected chi connectivity index (χ2v) is 7.80. The lowest BCUT2D eigenvalue weighted by Crippen LogP contribution is -2.20. The van der Waals surface area contributed by atoms with Gasteiger partial charge in [0.2, 0.25) is 5.13 Å². The van der Waals surface area contributed by atoms with Crippen LogP contribution in [0.15, 0.2) is 58.9 Å². The van der Waals surface area contributed by atoms with Crippen LogP contribution in [0.4, 0.5) is 5.13 Å². The van der Waals surface area contributed by atoms with Crippen LogP contribution >= 0.6 is 23.1 Å². The first-order valence-electron chi connectivity index (χ1n) is 8.14. The van der Waals surface area contributed by atoms with Gasteiger partial charge >= 0.3 is 0 Å². The van der Waals surface area contributed by atoms with E-state index in [9.17, 15) is 9.59 Å². The summed E-state index contributed by atoms with van der Waals surface area (Å²) in [6.07, 6.45) is 0. The number of carbonyl (C=O) groups is 2. The average molecular weight is 399 g/mol. The number of nitrogens with zero attached hydrogens (tertiary/aromatic N) is 2. The molecule has 1 aromatic heterocycles. The summed E-state index contributed by atoms with van der Waals surface area (Å²) < 4.78 is 6.04. The fraction of sp³-hybridized carbons (Fsp3) is 0.158. The number of ketones is 1. The van der Waals surface area contributed by atoms with Gasteiger partial charge in [0.1, 0.15) is 5.75 Å². The van der Waals surface area contributed by atoms with Crippen molar-refractivity contribution in [2.24, 2.45) is 0 Å². The van der Waals surface area contributed by atoms with Gasteiger partial charge in [0.25, 0.3) is 5.91 Å². The standard InChI is InChI=1S/C19H17N3O3S2/c1-13-7-9-15(10-8-13)25-11-17(24)20-18-21-22-19(27-18)26-12-16(23)14-5-3-2-4-6-14/h2-10H,11-12H2,1H3,(H,20,21,24). The highest BCUT2D eigenvalue weighted by atomic mass is 32.2. The third-order valence-corrected chi connectivity index (χ3v) is 5.44. The minimum atomic E-state index is -0.316. The van der Waals surface area contributed by atoms with Crippen molar-refractivity contribution in [1.29, 1.82) is 0 Å². The van der Waals surface area contributed by atoms with Crippen molar-refractivity contribution in [2.75, 3.05) is 17.7 Å². The highest BCUT2D eigenvalue weighted by Crippen LogP contribution is 2.26. The lowest BCUT2D eigenvalue weighted by atomic mass is 10.2. The van der Waals surface area contributed by atoms with Gasteiger partial charge in [-0.15, -0.1) is 10.2 Å². The second-order valence-electron chi connectivity index (χ2n) is 5.60. The third kappa shape index (κ3) is 5.90. The van der Waals surface area contributed by atoms with Crippen LogP contribution in [0.3, 0.4) is 0 Å². The maximum Gasteiger partial charge on any atom is 0.264 e. The number of nitrogens with one attached hydrogen (secondary N) is 1. The molecule has 3 aromatic rings. The summed E-state index contributed by atoms with van der Waals surface area (Å²) in [5.74, 6) is 0.601. The molecular weight excluding hydrogens is 382 g/mol. The molecule has 27 heavy (non-hydrogen) atoms. The summed E-state index contributed by atoms with van der Waals surface area (Å²) in [4.78, 5) is 24.0. The number of benzene rings is 2. The topological polar surface area (TPSA) is 81.2 Å². The number of hydrogen-bond acceptors (Lipinski definition) is 7. The predicted octanol–water partition coefficient (Wildman–Crippen LogP) is 3.84. The van der Waals surface area contributed by atoms with E-state index in [1.807, 2.05) is 49.4 Å². The largest absolute Gasteiger partial charge is 0.484 e. The number of thioether (sulfide) groups is 1. The lowest BCUT2D eigenvalue weighted by molar-refractivity contribution is -0.118. The monoisotopic (exact) mass is 399 g/mol. The second kappa shape index (κ2) is 9.29. The van der Waals surface area contributed by atoms with Crippen molar-refractivity contribution >= 4 is 39.9 Å². The molecular formula is C19H17N3O3S2. The lowest BCUT2D eigenvalue weighted by Gasteiger charge is -2.05. The molecule has 0 spiro atoms.